The molecule has 0 unspecified atom stereocenters. The maximum atomic E-state index is 5.50. The molecule has 0 fully saturated rings. The molecule has 3 heteroatoms. The topological polar surface area (TPSA) is 35.3 Å². The number of benzene rings is 3. The van der Waals surface area contributed by atoms with Crippen molar-refractivity contribution in [3.8, 4) is 28.3 Å². The summed E-state index contributed by atoms with van der Waals surface area (Å²) >= 11 is 0. The predicted molar refractivity (Wildman–Crippen MR) is 91.4 cm³/mol. The van der Waals surface area contributed by atoms with Crippen molar-refractivity contribution in [3.63, 3.8) is 0 Å². The van der Waals surface area contributed by atoms with E-state index in [0.717, 1.165) is 28.3 Å². The summed E-state index contributed by atoms with van der Waals surface area (Å²) in [6.07, 6.45) is 0. The molecule has 112 valence electrons. The molecule has 0 atom stereocenters. The van der Waals surface area contributed by atoms with Crippen LogP contribution in [0.15, 0.2) is 77.3 Å². The lowest BCUT2D eigenvalue weighted by Gasteiger charge is -2.00. The molecular formula is C20H15NO2. The van der Waals surface area contributed by atoms with E-state index in [1.54, 1.807) is 7.11 Å². The van der Waals surface area contributed by atoms with Crippen LogP contribution in [-0.4, -0.2) is 12.3 Å². The highest BCUT2D eigenvalue weighted by Gasteiger charge is 2.09. The summed E-state index contributed by atoms with van der Waals surface area (Å²) in [5.41, 5.74) is 2.86. The highest BCUT2D eigenvalue weighted by molar-refractivity contribution is 5.87. The first kappa shape index (κ1) is 13.6. The molecule has 0 spiro atoms. The van der Waals surface area contributed by atoms with Crippen molar-refractivity contribution < 1.29 is 9.26 Å². The molecule has 1 aromatic heterocycles. The molecule has 0 N–H and O–H groups in total. The third-order valence-electron chi connectivity index (χ3n) is 3.93. The van der Waals surface area contributed by atoms with Crippen molar-refractivity contribution in [2.45, 2.75) is 0 Å². The van der Waals surface area contributed by atoms with E-state index in [-0.39, 0.29) is 0 Å². The Labute approximate surface area is 134 Å². The monoisotopic (exact) mass is 301 g/mol. The Bertz CT molecular complexity index is 955. The van der Waals surface area contributed by atoms with Gasteiger partial charge in [0, 0.05) is 17.2 Å². The minimum atomic E-state index is 0.746. The molecule has 0 saturated heterocycles. The maximum absolute atomic E-state index is 5.50. The number of ether oxygens (including phenoxy) is 1. The third-order valence-corrected chi connectivity index (χ3v) is 3.93. The van der Waals surface area contributed by atoms with Gasteiger partial charge in [-0.05, 0) is 41.1 Å². The molecule has 0 aliphatic heterocycles. The minimum absolute atomic E-state index is 0.746. The van der Waals surface area contributed by atoms with Crippen molar-refractivity contribution >= 4 is 10.8 Å². The van der Waals surface area contributed by atoms with Crippen LogP contribution in [0.2, 0.25) is 0 Å². The van der Waals surface area contributed by atoms with Gasteiger partial charge in [-0.1, -0.05) is 41.6 Å². The Kier molecular flexibility index (Phi) is 3.31. The van der Waals surface area contributed by atoms with Gasteiger partial charge in [-0.2, -0.15) is 0 Å². The smallest absolute Gasteiger partial charge is 0.167 e. The van der Waals surface area contributed by atoms with Gasteiger partial charge in [-0.15, -0.1) is 0 Å². The lowest BCUT2D eigenvalue weighted by atomic mass is 10.0. The lowest BCUT2D eigenvalue weighted by Crippen LogP contribution is -1.81. The van der Waals surface area contributed by atoms with E-state index in [9.17, 15) is 0 Å². The molecule has 4 rings (SSSR count). The molecule has 0 aliphatic rings. The third kappa shape index (κ3) is 2.57. The van der Waals surface area contributed by atoms with Crippen LogP contribution >= 0.6 is 0 Å². The number of nitrogens with zero attached hydrogens (tertiary/aromatic N) is 1. The molecule has 1 heterocycles. The number of hydrogen-bond donors (Lipinski definition) is 0. The van der Waals surface area contributed by atoms with Gasteiger partial charge in [0.25, 0.3) is 0 Å². The van der Waals surface area contributed by atoms with E-state index < -0.39 is 0 Å². The van der Waals surface area contributed by atoms with E-state index in [1.807, 2.05) is 42.5 Å². The fraction of sp³-hybridized carbons (Fsp3) is 0.0500. The van der Waals surface area contributed by atoms with Gasteiger partial charge in [0.15, 0.2) is 5.76 Å². The van der Waals surface area contributed by atoms with E-state index in [2.05, 4.69) is 35.5 Å². The molecule has 4 aromatic rings. The number of fused-ring (bicyclic) bond motifs is 1. The van der Waals surface area contributed by atoms with Crippen LogP contribution in [0.25, 0.3) is 33.4 Å². The van der Waals surface area contributed by atoms with Crippen LogP contribution in [-0.2, 0) is 0 Å². The SMILES string of the molecule is COc1ccc(-c2cc(-c3ccc4ccccc4c3)no2)cc1. The second-order valence-corrected chi connectivity index (χ2v) is 5.37. The van der Waals surface area contributed by atoms with Crippen LogP contribution in [0.5, 0.6) is 5.75 Å². The zero-order chi connectivity index (χ0) is 15.6. The molecular weight excluding hydrogens is 286 g/mol. The first-order valence-corrected chi connectivity index (χ1v) is 7.44. The van der Waals surface area contributed by atoms with Gasteiger partial charge in [0.2, 0.25) is 0 Å². The van der Waals surface area contributed by atoms with Gasteiger partial charge in [0.1, 0.15) is 11.4 Å². The van der Waals surface area contributed by atoms with Gasteiger partial charge < -0.3 is 9.26 Å². The van der Waals surface area contributed by atoms with E-state index in [1.165, 1.54) is 10.8 Å². The number of hydrogen-bond acceptors (Lipinski definition) is 3. The maximum Gasteiger partial charge on any atom is 0.167 e. The zero-order valence-electron chi connectivity index (χ0n) is 12.7. The van der Waals surface area contributed by atoms with Crippen molar-refractivity contribution in [2.75, 3.05) is 7.11 Å². The van der Waals surface area contributed by atoms with Gasteiger partial charge >= 0.3 is 0 Å². The fourth-order valence-corrected chi connectivity index (χ4v) is 2.65. The van der Waals surface area contributed by atoms with Crippen molar-refractivity contribution in [3.05, 3.63) is 72.8 Å². The van der Waals surface area contributed by atoms with Gasteiger partial charge in [0.05, 0.1) is 7.11 Å². The largest absolute Gasteiger partial charge is 0.497 e. The van der Waals surface area contributed by atoms with E-state index in [4.69, 9.17) is 9.26 Å². The van der Waals surface area contributed by atoms with Crippen LogP contribution in [0.1, 0.15) is 0 Å². The highest BCUT2D eigenvalue weighted by atomic mass is 16.5. The Morgan fingerprint density at radius 1 is 0.783 bits per heavy atom. The summed E-state index contributed by atoms with van der Waals surface area (Å²) in [6, 6.07) is 24.3. The second kappa shape index (κ2) is 5.61. The Morgan fingerprint density at radius 3 is 2.30 bits per heavy atom. The molecule has 0 saturated carbocycles. The average Bonchev–Trinajstić information content (AvgIpc) is 3.11. The van der Waals surface area contributed by atoms with Crippen molar-refractivity contribution in [1.29, 1.82) is 0 Å². The normalized spacial score (nSPS) is 10.8. The van der Waals surface area contributed by atoms with Crippen LogP contribution < -0.4 is 4.74 Å². The van der Waals surface area contributed by atoms with E-state index in [0.29, 0.717) is 0 Å². The molecule has 3 nitrogen and oxygen atoms in total. The summed E-state index contributed by atoms with van der Waals surface area (Å²) in [5.74, 6) is 1.57. The number of methoxy groups -OCH3 is 1. The molecule has 0 amide bonds. The molecule has 0 aliphatic carbocycles. The summed E-state index contributed by atoms with van der Waals surface area (Å²) < 4.78 is 10.7. The fourth-order valence-electron chi connectivity index (χ4n) is 2.65. The first-order chi connectivity index (χ1) is 11.3. The molecule has 0 radical (unpaired) electrons. The zero-order valence-corrected chi connectivity index (χ0v) is 12.7. The Hall–Kier alpha value is -3.07. The predicted octanol–water partition coefficient (Wildman–Crippen LogP) is 5.17. The van der Waals surface area contributed by atoms with Gasteiger partial charge in [-0.3, -0.25) is 0 Å². The standard InChI is InChI=1S/C20H15NO2/c1-22-18-10-8-15(9-11-18)20-13-19(21-23-20)17-7-6-14-4-2-3-5-16(14)12-17/h2-13H,1H3. The van der Waals surface area contributed by atoms with Crippen molar-refractivity contribution in [2.24, 2.45) is 0 Å². The molecule has 0 bridgehead atoms. The Morgan fingerprint density at radius 2 is 1.52 bits per heavy atom. The number of rotatable bonds is 3. The number of aromatic nitrogens is 1. The molecule has 3 aromatic carbocycles. The van der Waals surface area contributed by atoms with Crippen LogP contribution in [0, 0.1) is 0 Å². The Balaban J connectivity index is 1.70. The minimum Gasteiger partial charge on any atom is -0.497 e. The summed E-state index contributed by atoms with van der Waals surface area (Å²) in [4.78, 5) is 0. The average molecular weight is 301 g/mol. The second-order valence-electron chi connectivity index (χ2n) is 5.37. The van der Waals surface area contributed by atoms with Crippen LogP contribution in [0.4, 0.5) is 0 Å². The highest BCUT2D eigenvalue weighted by Crippen LogP contribution is 2.29. The lowest BCUT2D eigenvalue weighted by molar-refractivity contribution is 0.414. The molecule has 23 heavy (non-hydrogen) atoms. The van der Waals surface area contributed by atoms with Crippen molar-refractivity contribution in [1.82, 2.24) is 5.16 Å². The van der Waals surface area contributed by atoms with Crippen LogP contribution in [0.3, 0.4) is 0 Å². The van der Waals surface area contributed by atoms with E-state index >= 15 is 0 Å². The first-order valence-electron chi connectivity index (χ1n) is 7.44. The summed E-state index contributed by atoms with van der Waals surface area (Å²) in [5, 5.41) is 6.62. The summed E-state index contributed by atoms with van der Waals surface area (Å²) in [6.45, 7) is 0. The van der Waals surface area contributed by atoms with Gasteiger partial charge in [-0.25, -0.2) is 0 Å². The quantitative estimate of drug-likeness (QED) is 0.523. The summed E-state index contributed by atoms with van der Waals surface area (Å²) in [7, 11) is 1.65.